The molecule has 0 saturated carbocycles. The number of nitrogens with zero attached hydrogens (tertiary/aromatic N) is 3. The first-order chi connectivity index (χ1) is 9.33. The topological polar surface area (TPSA) is 43.9 Å². The molecule has 0 aliphatic carbocycles. The van der Waals surface area contributed by atoms with Crippen molar-refractivity contribution in [2.24, 2.45) is 0 Å². The van der Waals surface area contributed by atoms with Crippen LogP contribution < -0.4 is 0 Å². The average molecular weight is 253 g/mol. The molecule has 0 spiro atoms. The summed E-state index contributed by atoms with van der Waals surface area (Å²) in [6, 6.07) is 10.3. The van der Waals surface area contributed by atoms with Crippen LogP contribution in [0.25, 0.3) is 22.5 Å². The largest absolute Gasteiger partial charge is 0.419 e. The summed E-state index contributed by atoms with van der Waals surface area (Å²) in [6.07, 6.45) is 2.61. The molecular formula is C15H15N3O. The van der Waals surface area contributed by atoms with Gasteiger partial charge in [0.2, 0.25) is 5.89 Å². The van der Waals surface area contributed by atoms with Gasteiger partial charge in [0.15, 0.2) is 0 Å². The van der Waals surface area contributed by atoms with Gasteiger partial charge in [0.05, 0.1) is 0 Å². The lowest BCUT2D eigenvalue weighted by Crippen LogP contribution is -1.97. The van der Waals surface area contributed by atoms with E-state index in [-0.39, 0.29) is 0 Å². The number of para-hydroxylation sites is 1. The zero-order chi connectivity index (χ0) is 13.2. The van der Waals surface area contributed by atoms with Crippen LogP contribution in [0.2, 0.25) is 0 Å². The lowest BCUT2D eigenvalue weighted by molar-refractivity contribution is 0.509. The van der Waals surface area contributed by atoms with Crippen molar-refractivity contribution < 1.29 is 4.42 Å². The van der Waals surface area contributed by atoms with Gasteiger partial charge in [0, 0.05) is 23.9 Å². The maximum Gasteiger partial charge on any atom is 0.264 e. The summed E-state index contributed by atoms with van der Waals surface area (Å²) >= 11 is 0. The SMILES string of the molecule is C=CCn1c(-c2nnc(CC)o2)cc2ccccc21. The Bertz CT molecular complexity index is 724. The molecule has 4 nitrogen and oxygen atoms in total. The van der Waals surface area contributed by atoms with Crippen molar-refractivity contribution in [2.45, 2.75) is 19.9 Å². The molecule has 1 aromatic carbocycles. The highest BCUT2D eigenvalue weighted by Gasteiger charge is 2.14. The van der Waals surface area contributed by atoms with E-state index in [1.54, 1.807) is 0 Å². The van der Waals surface area contributed by atoms with Gasteiger partial charge in [0.25, 0.3) is 5.89 Å². The number of rotatable bonds is 4. The van der Waals surface area contributed by atoms with Crippen LogP contribution in [0.3, 0.4) is 0 Å². The number of fused-ring (bicyclic) bond motifs is 1. The van der Waals surface area contributed by atoms with Crippen molar-refractivity contribution in [1.29, 1.82) is 0 Å². The molecule has 2 heterocycles. The van der Waals surface area contributed by atoms with Gasteiger partial charge in [-0.1, -0.05) is 31.2 Å². The smallest absolute Gasteiger partial charge is 0.264 e. The quantitative estimate of drug-likeness (QED) is 0.669. The summed E-state index contributed by atoms with van der Waals surface area (Å²) < 4.78 is 7.79. The Kier molecular flexibility index (Phi) is 2.91. The van der Waals surface area contributed by atoms with E-state index >= 15 is 0 Å². The molecule has 0 aliphatic heterocycles. The van der Waals surface area contributed by atoms with E-state index in [9.17, 15) is 0 Å². The van der Waals surface area contributed by atoms with Gasteiger partial charge in [-0.15, -0.1) is 16.8 Å². The van der Waals surface area contributed by atoms with Gasteiger partial charge in [0.1, 0.15) is 5.69 Å². The molecular weight excluding hydrogens is 238 g/mol. The highest BCUT2D eigenvalue weighted by Crippen LogP contribution is 2.27. The second kappa shape index (κ2) is 4.72. The van der Waals surface area contributed by atoms with Crippen molar-refractivity contribution in [3.05, 3.63) is 48.9 Å². The van der Waals surface area contributed by atoms with Gasteiger partial charge in [-0.2, -0.15) is 0 Å². The molecule has 3 rings (SSSR count). The molecule has 0 unspecified atom stereocenters. The third-order valence-corrected chi connectivity index (χ3v) is 3.11. The van der Waals surface area contributed by atoms with Gasteiger partial charge in [-0.3, -0.25) is 0 Å². The second-order valence-corrected chi connectivity index (χ2v) is 4.34. The molecule has 0 radical (unpaired) electrons. The zero-order valence-corrected chi connectivity index (χ0v) is 10.8. The van der Waals surface area contributed by atoms with E-state index < -0.39 is 0 Å². The highest BCUT2D eigenvalue weighted by molar-refractivity contribution is 5.85. The first kappa shape index (κ1) is 11.7. The minimum Gasteiger partial charge on any atom is -0.419 e. The molecule has 96 valence electrons. The van der Waals surface area contributed by atoms with Crippen LogP contribution in [-0.4, -0.2) is 14.8 Å². The maximum absolute atomic E-state index is 5.66. The monoisotopic (exact) mass is 253 g/mol. The molecule has 0 fully saturated rings. The molecule has 3 aromatic rings. The van der Waals surface area contributed by atoms with Crippen LogP contribution in [0.1, 0.15) is 12.8 Å². The Balaban J connectivity index is 2.21. The maximum atomic E-state index is 5.66. The highest BCUT2D eigenvalue weighted by atomic mass is 16.4. The second-order valence-electron chi connectivity index (χ2n) is 4.34. The van der Waals surface area contributed by atoms with Gasteiger partial charge in [-0.25, -0.2) is 0 Å². The zero-order valence-electron chi connectivity index (χ0n) is 10.8. The third-order valence-electron chi connectivity index (χ3n) is 3.11. The van der Waals surface area contributed by atoms with E-state index in [4.69, 9.17) is 4.42 Å². The normalized spacial score (nSPS) is 11.0. The van der Waals surface area contributed by atoms with Crippen LogP contribution in [-0.2, 0) is 13.0 Å². The van der Waals surface area contributed by atoms with Crippen molar-refractivity contribution in [3.63, 3.8) is 0 Å². The minimum atomic E-state index is 0.565. The number of aromatic nitrogens is 3. The van der Waals surface area contributed by atoms with E-state index in [1.807, 2.05) is 25.1 Å². The van der Waals surface area contributed by atoms with E-state index in [0.717, 1.165) is 23.0 Å². The first-order valence-corrected chi connectivity index (χ1v) is 6.35. The molecule has 2 aromatic heterocycles. The van der Waals surface area contributed by atoms with Crippen molar-refractivity contribution >= 4 is 10.9 Å². The Hall–Kier alpha value is -2.36. The summed E-state index contributed by atoms with van der Waals surface area (Å²) in [4.78, 5) is 0. The predicted octanol–water partition coefficient (Wildman–Crippen LogP) is 3.44. The molecule has 0 aliphatic rings. The predicted molar refractivity (Wildman–Crippen MR) is 74.8 cm³/mol. The molecule has 0 N–H and O–H groups in total. The van der Waals surface area contributed by atoms with Gasteiger partial charge in [-0.05, 0) is 12.1 Å². The Labute approximate surface area is 111 Å². The van der Waals surface area contributed by atoms with Crippen LogP contribution in [0.15, 0.2) is 47.4 Å². The van der Waals surface area contributed by atoms with Gasteiger partial charge >= 0.3 is 0 Å². The Morgan fingerprint density at radius 1 is 1.32 bits per heavy atom. The van der Waals surface area contributed by atoms with Gasteiger partial charge < -0.3 is 8.98 Å². The van der Waals surface area contributed by atoms with Crippen LogP contribution in [0.4, 0.5) is 0 Å². The fraction of sp³-hybridized carbons (Fsp3) is 0.200. The fourth-order valence-corrected chi connectivity index (χ4v) is 2.21. The number of aryl methyl sites for hydroxylation is 1. The summed E-state index contributed by atoms with van der Waals surface area (Å²) in [6.45, 7) is 6.52. The number of hydrogen-bond donors (Lipinski definition) is 0. The first-order valence-electron chi connectivity index (χ1n) is 6.35. The molecule has 0 bridgehead atoms. The van der Waals surface area contributed by atoms with E-state index in [1.165, 1.54) is 0 Å². The number of allylic oxidation sites excluding steroid dienone is 1. The lowest BCUT2D eigenvalue weighted by atomic mass is 10.2. The van der Waals surface area contributed by atoms with Crippen molar-refractivity contribution in [1.82, 2.24) is 14.8 Å². The molecule has 0 atom stereocenters. The number of hydrogen-bond acceptors (Lipinski definition) is 3. The van der Waals surface area contributed by atoms with E-state index in [0.29, 0.717) is 18.3 Å². The lowest BCUT2D eigenvalue weighted by Gasteiger charge is -2.04. The Morgan fingerprint density at radius 3 is 2.89 bits per heavy atom. The van der Waals surface area contributed by atoms with Crippen molar-refractivity contribution in [2.75, 3.05) is 0 Å². The van der Waals surface area contributed by atoms with E-state index in [2.05, 4.69) is 39.5 Å². The summed E-state index contributed by atoms with van der Waals surface area (Å²) in [7, 11) is 0. The van der Waals surface area contributed by atoms with Crippen LogP contribution in [0, 0.1) is 0 Å². The molecule has 4 heteroatoms. The van der Waals surface area contributed by atoms with Crippen LogP contribution >= 0.6 is 0 Å². The minimum absolute atomic E-state index is 0.565. The van der Waals surface area contributed by atoms with Crippen LogP contribution in [0.5, 0.6) is 0 Å². The molecule has 0 saturated heterocycles. The average Bonchev–Trinajstić information content (AvgIpc) is 3.04. The molecule has 0 amide bonds. The fourth-order valence-electron chi connectivity index (χ4n) is 2.21. The third kappa shape index (κ3) is 1.95. The summed E-state index contributed by atoms with van der Waals surface area (Å²) in [5.41, 5.74) is 2.09. The molecule has 19 heavy (non-hydrogen) atoms. The summed E-state index contributed by atoms with van der Waals surface area (Å²) in [5.74, 6) is 1.22. The summed E-state index contributed by atoms with van der Waals surface area (Å²) in [5, 5.41) is 9.31. The number of benzene rings is 1. The Morgan fingerprint density at radius 2 is 2.16 bits per heavy atom. The standard InChI is InChI=1S/C15H15N3O/c1-3-9-18-12-8-6-5-7-11(12)10-13(18)15-17-16-14(4-2)19-15/h3,5-8,10H,1,4,9H2,2H3. The van der Waals surface area contributed by atoms with Crippen molar-refractivity contribution in [3.8, 4) is 11.6 Å².